The third-order valence-electron chi connectivity index (χ3n) is 5.60. The second-order valence-electron chi connectivity index (χ2n) is 7.59. The van der Waals surface area contributed by atoms with E-state index in [0.29, 0.717) is 29.4 Å². The number of likely N-dealkylation sites (tertiary alicyclic amines) is 1. The van der Waals surface area contributed by atoms with Crippen LogP contribution < -0.4 is 4.90 Å². The van der Waals surface area contributed by atoms with Crippen molar-refractivity contribution in [1.29, 1.82) is 0 Å². The van der Waals surface area contributed by atoms with Crippen molar-refractivity contribution < 1.29 is 19.6 Å². The summed E-state index contributed by atoms with van der Waals surface area (Å²) in [7, 11) is 0. The number of hydrogen-bond donors (Lipinski definition) is 1. The topological polar surface area (TPSA) is 104 Å². The SMILES string of the molecule is O=C1C(c2ccc([N+](=O)[O-])cc2)=C(N2CCCC(CO)C2)C(=O)N1c1ccc(Cl)cc1. The second kappa shape index (κ2) is 8.49. The van der Waals surface area contributed by atoms with E-state index in [9.17, 15) is 24.8 Å². The number of carbonyl (C=O) groups excluding carboxylic acids is 2. The number of piperidine rings is 1. The van der Waals surface area contributed by atoms with Crippen molar-refractivity contribution in [3.63, 3.8) is 0 Å². The standard InChI is InChI=1S/C22H20ClN3O5/c23-16-5-9-17(10-6-16)25-21(28)19(15-3-7-18(8-4-15)26(30)31)20(22(25)29)24-11-1-2-14(12-24)13-27/h3-10,14,27H,1-2,11-13H2. The zero-order valence-electron chi connectivity index (χ0n) is 16.5. The van der Waals surface area contributed by atoms with Crippen LogP contribution >= 0.6 is 11.6 Å². The molecule has 9 heteroatoms. The van der Waals surface area contributed by atoms with E-state index in [4.69, 9.17) is 11.6 Å². The van der Waals surface area contributed by atoms with Gasteiger partial charge >= 0.3 is 0 Å². The van der Waals surface area contributed by atoms with E-state index in [1.165, 1.54) is 24.3 Å². The van der Waals surface area contributed by atoms with Gasteiger partial charge in [0.15, 0.2) is 0 Å². The first kappa shape index (κ1) is 21.0. The van der Waals surface area contributed by atoms with E-state index in [1.807, 2.05) is 4.90 Å². The molecule has 2 aromatic rings. The number of nitrogens with zero attached hydrogens (tertiary/aromatic N) is 3. The fourth-order valence-electron chi connectivity index (χ4n) is 4.06. The van der Waals surface area contributed by atoms with Crippen LogP contribution in [0.3, 0.4) is 0 Å². The van der Waals surface area contributed by atoms with Crippen molar-refractivity contribution in [3.05, 3.63) is 74.9 Å². The number of imide groups is 1. The summed E-state index contributed by atoms with van der Waals surface area (Å²) in [5.41, 5.74) is 1.18. The molecule has 0 spiro atoms. The minimum absolute atomic E-state index is 0.000317. The molecule has 0 bridgehead atoms. The summed E-state index contributed by atoms with van der Waals surface area (Å²) >= 11 is 5.95. The molecule has 2 aromatic carbocycles. The van der Waals surface area contributed by atoms with Gasteiger partial charge in [-0.1, -0.05) is 11.6 Å². The Balaban J connectivity index is 1.80. The van der Waals surface area contributed by atoms with E-state index in [0.717, 1.165) is 17.7 Å². The highest BCUT2D eigenvalue weighted by molar-refractivity contribution is 6.45. The Bertz CT molecular complexity index is 1070. The molecule has 0 saturated carbocycles. The third-order valence-corrected chi connectivity index (χ3v) is 5.86. The second-order valence-corrected chi connectivity index (χ2v) is 8.02. The Morgan fingerprint density at radius 2 is 1.74 bits per heavy atom. The van der Waals surface area contributed by atoms with Gasteiger partial charge in [0.1, 0.15) is 5.70 Å². The van der Waals surface area contributed by atoms with Gasteiger partial charge in [0.2, 0.25) is 0 Å². The third kappa shape index (κ3) is 3.92. The van der Waals surface area contributed by atoms with E-state index in [-0.39, 0.29) is 29.5 Å². The van der Waals surface area contributed by atoms with Gasteiger partial charge in [0, 0.05) is 36.9 Å². The Hall–Kier alpha value is -3.23. The number of aliphatic hydroxyl groups is 1. The van der Waals surface area contributed by atoms with Crippen LogP contribution in [0.1, 0.15) is 18.4 Å². The lowest BCUT2D eigenvalue weighted by Gasteiger charge is -2.34. The van der Waals surface area contributed by atoms with Crippen molar-refractivity contribution in [2.75, 3.05) is 24.6 Å². The van der Waals surface area contributed by atoms with Crippen LogP contribution in [0, 0.1) is 16.0 Å². The predicted molar refractivity (Wildman–Crippen MR) is 115 cm³/mol. The number of hydrogen-bond acceptors (Lipinski definition) is 6. The van der Waals surface area contributed by atoms with Gasteiger partial charge in [0.25, 0.3) is 17.5 Å². The molecular weight excluding hydrogens is 422 g/mol. The largest absolute Gasteiger partial charge is 0.396 e. The van der Waals surface area contributed by atoms with Crippen LogP contribution in [0.5, 0.6) is 0 Å². The maximum Gasteiger partial charge on any atom is 0.282 e. The first-order chi connectivity index (χ1) is 14.9. The van der Waals surface area contributed by atoms with Crippen molar-refractivity contribution in [2.45, 2.75) is 12.8 Å². The Morgan fingerprint density at radius 1 is 1.06 bits per heavy atom. The minimum Gasteiger partial charge on any atom is -0.396 e. The zero-order valence-corrected chi connectivity index (χ0v) is 17.3. The van der Waals surface area contributed by atoms with Crippen LogP contribution in [0.2, 0.25) is 5.02 Å². The van der Waals surface area contributed by atoms with Gasteiger partial charge in [-0.15, -0.1) is 0 Å². The number of rotatable bonds is 5. The van der Waals surface area contributed by atoms with Crippen LogP contribution in [-0.4, -0.2) is 46.4 Å². The highest BCUT2D eigenvalue weighted by atomic mass is 35.5. The normalized spacial score (nSPS) is 19.4. The lowest BCUT2D eigenvalue weighted by Crippen LogP contribution is -2.40. The zero-order chi connectivity index (χ0) is 22.1. The van der Waals surface area contributed by atoms with E-state index in [1.54, 1.807) is 24.3 Å². The molecule has 2 heterocycles. The van der Waals surface area contributed by atoms with Crippen molar-refractivity contribution in [2.24, 2.45) is 5.92 Å². The summed E-state index contributed by atoms with van der Waals surface area (Å²) < 4.78 is 0. The monoisotopic (exact) mass is 441 g/mol. The fourth-order valence-corrected chi connectivity index (χ4v) is 4.19. The number of carbonyl (C=O) groups is 2. The molecule has 31 heavy (non-hydrogen) atoms. The first-order valence-corrected chi connectivity index (χ1v) is 10.3. The summed E-state index contributed by atoms with van der Waals surface area (Å²) in [6, 6.07) is 12.0. The molecule has 2 aliphatic heterocycles. The number of benzene rings is 2. The first-order valence-electron chi connectivity index (χ1n) is 9.90. The van der Waals surface area contributed by atoms with Gasteiger partial charge in [-0.05, 0) is 60.7 Å². The molecule has 4 rings (SSSR count). The summed E-state index contributed by atoms with van der Waals surface area (Å²) in [6.45, 7) is 1.03. The molecule has 160 valence electrons. The molecule has 1 atom stereocenters. The molecule has 0 radical (unpaired) electrons. The lowest BCUT2D eigenvalue weighted by molar-refractivity contribution is -0.384. The smallest absolute Gasteiger partial charge is 0.282 e. The number of nitro groups is 1. The van der Waals surface area contributed by atoms with Crippen molar-refractivity contribution >= 4 is 40.4 Å². The van der Waals surface area contributed by atoms with Crippen molar-refractivity contribution in [3.8, 4) is 0 Å². The van der Waals surface area contributed by atoms with Gasteiger partial charge in [0.05, 0.1) is 16.2 Å². The van der Waals surface area contributed by atoms with E-state index in [2.05, 4.69) is 0 Å². The summed E-state index contributed by atoms with van der Waals surface area (Å²) in [5, 5.41) is 21.1. The number of non-ortho nitro benzene ring substituents is 1. The minimum atomic E-state index is -0.517. The Morgan fingerprint density at radius 3 is 2.35 bits per heavy atom. The fraction of sp³-hybridized carbons (Fsp3) is 0.273. The molecule has 2 amide bonds. The summed E-state index contributed by atoms with van der Waals surface area (Å²) in [6.07, 6.45) is 1.63. The summed E-state index contributed by atoms with van der Waals surface area (Å²) in [5.74, 6) is -0.951. The van der Waals surface area contributed by atoms with Gasteiger partial charge < -0.3 is 10.0 Å². The quantitative estimate of drug-likeness (QED) is 0.434. The number of halogens is 1. The van der Waals surface area contributed by atoms with Crippen molar-refractivity contribution in [1.82, 2.24) is 4.90 Å². The van der Waals surface area contributed by atoms with Crippen LogP contribution in [0.25, 0.3) is 5.57 Å². The number of aliphatic hydroxyl groups excluding tert-OH is 1. The number of anilines is 1. The average molecular weight is 442 g/mol. The average Bonchev–Trinajstić information content (AvgIpc) is 3.04. The molecule has 1 saturated heterocycles. The molecule has 1 N–H and O–H groups in total. The van der Waals surface area contributed by atoms with Crippen LogP contribution in [-0.2, 0) is 9.59 Å². The molecule has 1 fully saturated rings. The molecule has 1 unspecified atom stereocenters. The Labute approximate surface area is 183 Å². The molecule has 0 aromatic heterocycles. The van der Waals surface area contributed by atoms with Crippen LogP contribution in [0.15, 0.2) is 54.2 Å². The summed E-state index contributed by atoms with van der Waals surface area (Å²) in [4.78, 5) is 40.3. The highest BCUT2D eigenvalue weighted by Crippen LogP contribution is 2.37. The maximum absolute atomic E-state index is 13.5. The van der Waals surface area contributed by atoms with Gasteiger partial charge in [-0.2, -0.15) is 0 Å². The molecular formula is C22H20ClN3O5. The number of amides is 2. The van der Waals surface area contributed by atoms with Crippen LogP contribution in [0.4, 0.5) is 11.4 Å². The lowest BCUT2D eigenvalue weighted by atomic mass is 9.97. The maximum atomic E-state index is 13.5. The van der Waals surface area contributed by atoms with E-state index >= 15 is 0 Å². The highest BCUT2D eigenvalue weighted by Gasteiger charge is 2.43. The van der Waals surface area contributed by atoms with Gasteiger partial charge in [-0.3, -0.25) is 19.7 Å². The Kier molecular flexibility index (Phi) is 5.75. The molecule has 0 aliphatic carbocycles. The van der Waals surface area contributed by atoms with E-state index < -0.39 is 16.7 Å². The number of nitro benzene ring substituents is 1. The van der Waals surface area contributed by atoms with Gasteiger partial charge in [-0.25, -0.2) is 4.90 Å². The molecule has 8 nitrogen and oxygen atoms in total. The predicted octanol–water partition coefficient (Wildman–Crippen LogP) is 3.24. The molecule has 2 aliphatic rings.